The first-order valence-corrected chi connectivity index (χ1v) is 10.2. The number of anilines is 3. The smallest absolute Gasteiger partial charge is 0.222 e. The molecular formula is C21H30N6O. The Kier molecular flexibility index (Phi) is 5.92. The van der Waals surface area contributed by atoms with Gasteiger partial charge in [-0.3, -0.25) is 0 Å². The molecule has 28 heavy (non-hydrogen) atoms. The summed E-state index contributed by atoms with van der Waals surface area (Å²) in [5, 5.41) is 3.74. The maximum absolute atomic E-state index is 5.80. The van der Waals surface area contributed by atoms with Crippen molar-refractivity contribution in [2.24, 2.45) is 0 Å². The molecule has 0 unspecified atom stereocenters. The van der Waals surface area contributed by atoms with Gasteiger partial charge in [0.25, 0.3) is 0 Å². The van der Waals surface area contributed by atoms with Crippen molar-refractivity contribution in [3.8, 4) is 0 Å². The molecule has 150 valence electrons. The van der Waals surface area contributed by atoms with Crippen LogP contribution in [0.2, 0.25) is 0 Å². The molecule has 2 saturated heterocycles. The molecule has 4 rings (SSSR count). The third-order valence-electron chi connectivity index (χ3n) is 5.56. The van der Waals surface area contributed by atoms with Gasteiger partial charge in [0, 0.05) is 56.2 Å². The van der Waals surface area contributed by atoms with E-state index >= 15 is 0 Å². The van der Waals surface area contributed by atoms with Crippen molar-refractivity contribution in [1.29, 1.82) is 0 Å². The molecule has 2 fully saturated rings. The molecule has 2 aliphatic heterocycles. The highest BCUT2D eigenvalue weighted by Gasteiger charge is 2.20. The number of hydrogen-bond donors (Lipinski definition) is 2. The minimum Gasteiger partial charge on any atom is -0.378 e. The molecule has 2 aliphatic rings. The summed E-state index contributed by atoms with van der Waals surface area (Å²) in [6.07, 6.45) is 2.21. The lowest BCUT2D eigenvalue weighted by Crippen LogP contribution is -2.42. The van der Waals surface area contributed by atoms with Crippen LogP contribution in [-0.2, 0) is 11.3 Å². The number of piperidine rings is 1. The standard InChI is InChI=1S/C21H30N6O/c1-16-13-20(25-21(22)24-16)27-7-5-18(6-8-27)23-15-17-3-2-4-19(14-17)26-9-11-28-12-10-26/h2-4,13-14,18,23H,5-12,15H2,1H3,(H2,22,24,25). The van der Waals surface area contributed by atoms with Crippen molar-refractivity contribution >= 4 is 17.5 Å². The molecule has 0 bridgehead atoms. The number of aromatic nitrogens is 2. The third kappa shape index (κ3) is 4.72. The zero-order chi connectivity index (χ0) is 19.3. The fraction of sp³-hybridized carbons (Fsp3) is 0.524. The summed E-state index contributed by atoms with van der Waals surface area (Å²) in [7, 11) is 0. The lowest BCUT2D eigenvalue weighted by atomic mass is 10.0. The highest BCUT2D eigenvalue weighted by Crippen LogP contribution is 2.21. The van der Waals surface area contributed by atoms with Crippen LogP contribution in [0.15, 0.2) is 30.3 Å². The number of nitrogens with two attached hydrogens (primary N) is 1. The topological polar surface area (TPSA) is 79.5 Å². The van der Waals surface area contributed by atoms with Crippen molar-refractivity contribution in [2.75, 3.05) is 54.9 Å². The Bertz CT molecular complexity index is 764. The van der Waals surface area contributed by atoms with Crippen LogP contribution in [0.1, 0.15) is 24.1 Å². The van der Waals surface area contributed by atoms with Crippen LogP contribution in [-0.4, -0.2) is 55.4 Å². The lowest BCUT2D eigenvalue weighted by molar-refractivity contribution is 0.122. The number of aryl methyl sites for hydroxylation is 1. The molecule has 2 aromatic rings. The number of nitrogen functional groups attached to an aromatic ring is 1. The molecule has 0 saturated carbocycles. The van der Waals surface area contributed by atoms with Crippen molar-refractivity contribution in [1.82, 2.24) is 15.3 Å². The van der Waals surface area contributed by atoms with Gasteiger partial charge in [0.2, 0.25) is 5.95 Å². The summed E-state index contributed by atoms with van der Waals surface area (Å²) in [6.45, 7) is 8.42. The Balaban J connectivity index is 1.28. The summed E-state index contributed by atoms with van der Waals surface area (Å²) in [5.41, 5.74) is 9.36. The number of rotatable bonds is 5. The number of nitrogens with zero attached hydrogens (tertiary/aromatic N) is 4. The third-order valence-corrected chi connectivity index (χ3v) is 5.56. The Labute approximate surface area is 166 Å². The molecule has 1 aromatic carbocycles. The summed E-state index contributed by atoms with van der Waals surface area (Å²) in [5.74, 6) is 1.30. The molecule has 0 spiro atoms. The van der Waals surface area contributed by atoms with E-state index in [0.717, 1.165) is 70.3 Å². The van der Waals surface area contributed by atoms with Gasteiger partial charge in [-0.25, -0.2) is 4.98 Å². The molecule has 3 N–H and O–H groups in total. The molecule has 7 heteroatoms. The highest BCUT2D eigenvalue weighted by molar-refractivity contribution is 5.49. The van der Waals surface area contributed by atoms with Gasteiger partial charge in [-0.05, 0) is 37.5 Å². The molecule has 0 aliphatic carbocycles. The zero-order valence-electron chi connectivity index (χ0n) is 16.6. The maximum Gasteiger partial charge on any atom is 0.222 e. The van der Waals surface area contributed by atoms with Gasteiger partial charge in [-0.1, -0.05) is 12.1 Å². The van der Waals surface area contributed by atoms with Gasteiger partial charge in [0.15, 0.2) is 0 Å². The number of nitrogens with one attached hydrogen (secondary N) is 1. The van der Waals surface area contributed by atoms with E-state index in [-0.39, 0.29) is 0 Å². The minimum absolute atomic E-state index is 0.357. The van der Waals surface area contributed by atoms with Gasteiger partial charge < -0.3 is 25.6 Å². The Morgan fingerprint density at radius 2 is 1.86 bits per heavy atom. The number of ether oxygens (including phenoxy) is 1. The van der Waals surface area contributed by atoms with Gasteiger partial charge in [0.05, 0.1) is 13.2 Å². The van der Waals surface area contributed by atoms with E-state index in [4.69, 9.17) is 10.5 Å². The van der Waals surface area contributed by atoms with Crippen LogP contribution in [0.4, 0.5) is 17.5 Å². The first-order valence-electron chi connectivity index (χ1n) is 10.2. The van der Waals surface area contributed by atoms with Crippen molar-refractivity contribution in [2.45, 2.75) is 32.4 Å². The first-order chi connectivity index (χ1) is 13.7. The van der Waals surface area contributed by atoms with E-state index in [1.807, 2.05) is 13.0 Å². The summed E-state index contributed by atoms with van der Waals surface area (Å²) in [4.78, 5) is 13.3. The second-order valence-electron chi connectivity index (χ2n) is 7.64. The maximum atomic E-state index is 5.80. The molecule has 0 radical (unpaired) electrons. The van der Waals surface area contributed by atoms with E-state index in [9.17, 15) is 0 Å². The molecular weight excluding hydrogens is 352 g/mol. The quantitative estimate of drug-likeness (QED) is 0.818. The summed E-state index contributed by atoms with van der Waals surface area (Å²) in [6, 6.07) is 11.4. The number of benzene rings is 1. The normalized spacial score (nSPS) is 18.5. The van der Waals surface area contributed by atoms with Crippen LogP contribution < -0.4 is 20.9 Å². The first kappa shape index (κ1) is 19.0. The second-order valence-corrected chi connectivity index (χ2v) is 7.64. The van der Waals surface area contributed by atoms with E-state index in [1.165, 1.54) is 11.3 Å². The average molecular weight is 383 g/mol. The Morgan fingerprint density at radius 3 is 2.61 bits per heavy atom. The van der Waals surface area contributed by atoms with Gasteiger partial charge in [-0.2, -0.15) is 4.98 Å². The molecule has 0 amide bonds. The molecule has 3 heterocycles. The highest BCUT2D eigenvalue weighted by atomic mass is 16.5. The summed E-state index contributed by atoms with van der Waals surface area (Å²) >= 11 is 0. The largest absolute Gasteiger partial charge is 0.378 e. The van der Waals surface area contributed by atoms with Crippen LogP contribution in [0, 0.1) is 6.92 Å². The van der Waals surface area contributed by atoms with Gasteiger partial charge >= 0.3 is 0 Å². The van der Waals surface area contributed by atoms with E-state index < -0.39 is 0 Å². The fourth-order valence-corrected chi connectivity index (χ4v) is 4.00. The molecule has 7 nitrogen and oxygen atoms in total. The Morgan fingerprint density at radius 1 is 1.07 bits per heavy atom. The van der Waals surface area contributed by atoms with E-state index in [0.29, 0.717) is 12.0 Å². The lowest BCUT2D eigenvalue weighted by Gasteiger charge is -2.33. The monoisotopic (exact) mass is 382 g/mol. The van der Waals surface area contributed by atoms with Crippen molar-refractivity contribution < 1.29 is 4.74 Å². The number of morpholine rings is 1. The van der Waals surface area contributed by atoms with E-state index in [1.54, 1.807) is 0 Å². The van der Waals surface area contributed by atoms with Crippen LogP contribution in [0.3, 0.4) is 0 Å². The van der Waals surface area contributed by atoms with E-state index in [2.05, 4.69) is 49.4 Å². The second kappa shape index (κ2) is 8.75. The SMILES string of the molecule is Cc1cc(N2CCC(NCc3cccc(N4CCOCC4)c3)CC2)nc(N)n1. The van der Waals surface area contributed by atoms with Crippen molar-refractivity contribution in [3.05, 3.63) is 41.6 Å². The van der Waals surface area contributed by atoms with Gasteiger partial charge in [0.1, 0.15) is 5.82 Å². The fourth-order valence-electron chi connectivity index (χ4n) is 4.00. The molecule has 0 atom stereocenters. The number of hydrogen-bond acceptors (Lipinski definition) is 7. The molecule has 1 aromatic heterocycles. The predicted molar refractivity (Wildman–Crippen MR) is 113 cm³/mol. The summed E-state index contributed by atoms with van der Waals surface area (Å²) < 4.78 is 5.46. The minimum atomic E-state index is 0.357. The van der Waals surface area contributed by atoms with Crippen LogP contribution in [0.25, 0.3) is 0 Å². The van der Waals surface area contributed by atoms with Gasteiger partial charge in [-0.15, -0.1) is 0 Å². The Hall–Kier alpha value is -2.38. The van der Waals surface area contributed by atoms with Crippen LogP contribution >= 0.6 is 0 Å². The zero-order valence-corrected chi connectivity index (χ0v) is 16.6. The predicted octanol–water partition coefficient (Wildman–Crippen LogP) is 1.96. The average Bonchev–Trinajstić information content (AvgIpc) is 2.73. The van der Waals surface area contributed by atoms with Crippen LogP contribution in [0.5, 0.6) is 0 Å². The van der Waals surface area contributed by atoms with Crippen molar-refractivity contribution in [3.63, 3.8) is 0 Å².